The highest BCUT2D eigenvalue weighted by Gasteiger charge is 2.30. The van der Waals surface area contributed by atoms with Gasteiger partial charge in [-0.15, -0.1) is 16.4 Å². The summed E-state index contributed by atoms with van der Waals surface area (Å²) in [6.07, 6.45) is 0. The third-order valence-corrected chi connectivity index (χ3v) is 4.28. The van der Waals surface area contributed by atoms with Gasteiger partial charge in [0.15, 0.2) is 0 Å². The number of rotatable bonds is 5. The minimum atomic E-state index is -0.999. The number of carbonyl (C=O) groups excluding carboxylic acids is 1. The van der Waals surface area contributed by atoms with Gasteiger partial charge in [0.25, 0.3) is 5.89 Å². The standard InChI is InChI=1S/C14H16N4O3S/c1-9(2)14(3,8-15)16-11(19)7-18-13(20)21-12(17-18)10-5-4-6-22-10/h4-6,9H,7H2,1-3H3,(H,16,19). The number of amides is 1. The quantitative estimate of drug-likeness (QED) is 0.902. The van der Waals surface area contributed by atoms with E-state index in [0.29, 0.717) is 4.88 Å². The number of carbonyl (C=O) groups is 1. The molecule has 2 aromatic heterocycles. The number of nitrogens with one attached hydrogen (secondary N) is 1. The van der Waals surface area contributed by atoms with Gasteiger partial charge < -0.3 is 9.73 Å². The molecule has 2 heterocycles. The largest absolute Gasteiger partial charge is 0.437 e. The number of hydrogen-bond donors (Lipinski definition) is 1. The molecule has 2 rings (SSSR count). The predicted molar refractivity (Wildman–Crippen MR) is 81.1 cm³/mol. The highest BCUT2D eigenvalue weighted by molar-refractivity contribution is 7.13. The minimum Gasteiger partial charge on any atom is -0.387 e. The fourth-order valence-corrected chi connectivity index (χ4v) is 2.32. The second-order valence-corrected chi connectivity index (χ2v) is 6.27. The molecule has 1 atom stereocenters. The third-order valence-electron chi connectivity index (χ3n) is 3.42. The first-order chi connectivity index (χ1) is 10.4. The van der Waals surface area contributed by atoms with Crippen molar-refractivity contribution in [2.24, 2.45) is 5.92 Å². The fourth-order valence-electron chi connectivity index (χ4n) is 1.67. The number of nitrogens with zero attached hydrogens (tertiary/aromatic N) is 3. The summed E-state index contributed by atoms with van der Waals surface area (Å²) >= 11 is 1.38. The highest BCUT2D eigenvalue weighted by atomic mass is 32.1. The van der Waals surface area contributed by atoms with Crippen LogP contribution < -0.4 is 11.1 Å². The Morgan fingerprint density at radius 3 is 2.91 bits per heavy atom. The van der Waals surface area contributed by atoms with Crippen LogP contribution in [0.1, 0.15) is 20.8 Å². The van der Waals surface area contributed by atoms with Crippen molar-refractivity contribution in [2.45, 2.75) is 32.9 Å². The summed E-state index contributed by atoms with van der Waals surface area (Å²) in [6, 6.07) is 5.66. The molecule has 0 aliphatic carbocycles. The van der Waals surface area contributed by atoms with Gasteiger partial charge in [-0.3, -0.25) is 4.79 Å². The van der Waals surface area contributed by atoms with Crippen LogP contribution in [0.3, 0.4) is 0 Å². The Morgan fingerprint density at radius 1 is 1.64 bits per heavy atom. The van der Waals surface area contributed by atoms with E-state index in [1.165, 1.54) is 11.3 Å². The normalized spacial score (nSPS) is 13.6. The molecule has 0 spiro atoms. The summed E-state index contributed by atoms with van der Waals surface area (Å²) < 4.78 is 5.97. The maximum atomic E-state index is 12.0. The molecule has 0 bridgehead atoms. The molecule has 8 heteroatoms. The zero-order valence-corrected chi connectivity index (χ0v) is 13.3. The van der Waals surface area contributed by atoms with Crippen LogP contribution in [0.2, 0.25) is 0 Å². The lowest BCUT2D eigenvalue weighted by atomic mass is 9.90. The number of nitriles is 1. The molecule has 0 fully saturated rings. The van der Waals surface area contributed by atoms with Gasteiger partial charge in [-0.2, -0.15) is 9.94 Å². The van der Waals surface area contributed by atoms with Crippen LogP contribution in [-0.2, 0) is 11.3 Å². The van der Waals surface area contributed by atoms with E-state index in [-0.39, 0.29) is 18.4 Å². The Morgan fingerprint density at radius 2 is 2.36 bits per heavy atom. The average molecular weight is 320 g/mol. The number of thiophene rings is 1. The zero-order chi connectivity index (χ0) is 16.3. The molecule has 0 saturated heterocycles. The van der Waals surface area contributed by atoms with Crippen molar-refractivity contribution in [1.29, 1.82) is 5.26 Å². The highest BCUT2D eigenvalue weighted by Crippen LogP contribution is 2.21. The SMILES string of the molecule is CC(C)C(C)(C#N)NC(=O)Cn1nc(-c2cccs2)oc1=O. The van der Waals surface area contributed by atoms with Crippen LogP contribution in [0.5, 0.6) is 0 Å². The number of aromatic nitrogens is 2. The Labute approximate surface area is 131 Å². The minimum absolute atomic E-state index is 0.0721. The first-order valence-corrected chi connectivity index (χ1v) is 7.58. The molecule has 0 aliphatic rings. The van der Waals surface area contributed by atoms with E-state index in [9.17, 15) is 14.9 Å². The second-order valence-electron chi connectivity index (χ2n) is 5.33. The molecular weight excluding hydrogens is 304 g/mol. The summed E-state index contributed by atoms with van der Waals surface area (Å²) in [6.45, 7) is 5.01. The molecule has 0 aliphatic heterocycles. The van der Waals surface area contributed by atoms with E-state index in [0.717, 1.165) is 4.68 Å². The van der Waals surface area contributed by atoms with Gasteiger partial charge >= 0.3 is 5.76 Å². The van der Waals surface area contributed by atoms with Crippen LogP contribution in [0, 0.1) is 17.2 Å². The zero-order valence-electron chi connectivity index (χ0n) is 12.5. The molecular formula is C14H16N4O3S. The van der Waals surface area contributed by atoms with Crippen LogP contribution in [0.25, 0.3) is 10.8 Å². The van der Waals surface area contributed by atoms with Gasteiger partial charge in [-0.25, -0.2) is 4.79 Å². The van der Waals surface area contributed by atoms with Crippen molar-refractivity contribution in [3.05, 3.63) is 28.1 Å². The Bertz CT molecular complexity index is 754. The fraction of sp³-hybridized carbons (Fsp3) is 0.429. The summed E-state index contributed by atoms with van der Waals surface area (Å²) in [5, 5.41) is 17.6. The van der Waals surface area contributed by atoms with Gasteiger partial charge in [0, 0.05) is 0 Å². The van der Waals surface area contributed by atoms with Crippen molar-refractivity contribution in [2.75, 3.05) is 0 Å². The maximum absolute atomic E-state index is 12.0. The van der Waals surface area contributed by atoms with Gasteiger partial charge in [0.2, 0.25) is 5.91 Å². The Balaban J connectivity index is 2.13. The molecule has 116 valence electrons. The van der Waals surface area contributed by atoms with Gasteiger partial charge in [0.1, 0.15) is 12.1 Å². The van der Waals surface area contributed by atoms with E-state index in [4.69, 9.17) is 4.42 Å². The van der Waals surface area contributed by atoms with Crippen molar-refractivity contribution >= 4 is 17.2 Å². The molecule has 0 aromatic carbocycles. The van der Waals surface area contributed by atoms with E-state index in [1.807, 2.05) is 25.3 Å². The molecule has 1 unspecified atom stereocenters. The van der Waals surface area contributed by atoms with Crippen molar-refractivity contribution in [3.63, 3.8) is 0 Å². The smallest absolute Gasteiger partial charge is 0.387 e. The van der Waals surface area contributed by atoms with Gasteiger partial charge in [0.05, 0.1) is 10.9 Å². The van der Waals surface area contributed by atoms with Gasteiger partial charge in [-0.1, -0.05) is 19.9 Å². The first kappa shape index (κ1) is 16.0. The third kappa shape index (κ3) is 3.26. The monoisotopic (exact) mass is 320 g/mol. The topological polar surface area (TPSA) is 101 Å². The average Bonchev–Trinajstić information content (AvgIpc) is 3.09. The Kier molecular flexibility index (Phi) is 4.47. The van der Waals surface area contributed by atoms with Crippen molar-refractivity contribution in [1.82, 2.24) is 15.1 Å². The second kappa shape index (κ2) is 6.15. The molecule has 7 nitrogen and oxygen atoms in total. The molecule has 22 heavy (non-hydrogen) atoms. The summed E-state index contributed by atoms with van der Waals surface area (Å²) in [4.78, 5) is 24.5. The van der Waals surface area contributed by atoms with Crippen molar-refractivity contribution in [3.8, 4) is 16.8 Å². The lowest BCUT2D eigenvalue weighted by molar-refractivity contribution is -0.123. The predicted octanol–water partition coefficient (Wildman–Crippen LogP) is 1.62. The Hall–Kier alpha value is -2.40. The van der Waals surface area contributed by atoms with E-state index in [1.54, 1.807) is 13.0 Å². The van der Waals surface area contributed by atoms with Crippen molar-refractivity contribution < 1.29 is 9.21 Å². The maximum Gasteiger partial charge on any atom is 0.437 e. The summed E-state index contributed by atoms with van der Waals surface area (Å²) in [7, 11) is 0. The van der Waals surface area contributed by atoms with E-state index in [2.05, 4.69) is 16.5 Å². The van der Waals surface area contributed by atoms with Crippen LogP contribution >= 0.6 is 11.3 Å². The van der Waals surface area contributed by atoms with E-state index < -0.39 is 17.2 Å². The lowest BCUT2D eigenvalue weighted by Gasteiger charge is -2.27. The van der Waals surface area contributed by atoms with Crippen LogP contribution in [-0.4, -0.2) is 21.2 Å². The first-order valence-electron chi connectivity index (χ1n) is 6.70. The molecule has 0 saturated carbocycles. The van der Waals surface area contributed by atoms with Crippen LogP contribution in [0.4, 0.5) is 0 Å². The molecule has 1 amide bonds. The van der Waals surface area contributed by atoms with Crippen LogP contribution in [0.15, 0.2) is 26.7 Å². The molecule has 2 aromatic rings. The summed E-state index contributed by atoms with van der Waals surface area (Å²) in [5.74, 6) is -1.07. The summed E-state index contributed by atoms with van der Waals surface area (Å²) in [5.41, 5.74) is -0.999. The molecule has 1 N–H and O–H groups in total. The molecule has 0 radical (unpaired) electrons. The lowest BCUT2D eigenvalue weighted by Crippen LogP contribution is -2.50. The van der Waals surface area contributed by atoms with E-state index >= 15 is 0 Å². The number of hydrogen-bond acceptors (Lipinski definition) is 6. The van der Waals surface area contributed by atoms with Gasteiger partial charge in [-0.05, 0) is 24.3 Å².